The molecular weight excluding hydrogens is 385 g/mol. The zero-order chi connectivity index (χ0) is 20.8. The molecule has 0 saturated carbocycles. The van der Waals surface area contributed by atoms with Gasteiger partial charge in [-0.15, -0.1) is 0 Å². The van der Waals surface area contributed by atoms with E-state index in [0.29, 0.717) is 32.3 Å². The fraction of sp³-hybridized carbons (Fsp3) is 0.588. The van der Waals surface area contributed by atoms with E-state index in [1.165, 1.54) is 0 Å². The van der Waals surface area contributed by atoms with E-state index in [9.17, 15) is 18.0 Å². The van der Waals surface area contributed by atoms with Crippen molar-refractivity contribution in [2.24, 2.45) is 11.3 Å². The number of carboxylic acid groups (broad SMARTS) is 1. The first-order valence-electron chi connectivity index (χ1n) is 8.35. The highest BCUT2D eigenvalue weighted by Crippen LogP contribution is 2.41. The van der Waals surface area contributed by atoms with Gasteiger partial charge in [-0.25, -0.2) is 4.79 Å². The standard InChI is InChI=1S/C15H20N2O4.C2HF3O2/c1-19-8-14(18)17-6-12-7-20-10-15(12,9-17)11-21-13-3-2-4-16-5-13;3-2(4,5)1(6)7/h2-5,12H,6-11H2,1H3;(H,6,7)/t12-,15+;/m1./s1. The summed E-state index contributed by atoms with van der Waals surface area (Å²) in [5.41, 5.74) is -0.112. The van der Waals surface area contributed by atoms with Crippen LogP contribution < -0.4 is 4.74 Å². The van der Waals surface area contributed by atoms with Crippen molar-refractivity contribution < 1.29 is 42.1 Å². The van der Waals surface area contributed by atoms with E-state index in [4.69, 9.17) is 24.1 Å². The van der Waals surface area contributed by atoms with Gasteiger partial charge in [0.2, 0.25) is 5.91 Å². The third kappa shape index (κ3) is 5.55. The zero-order valence-corrected chi connectivity index (χ0v) is 15.1. The fourth-order valence-electron chi connectivity index (χ4n) is 3.10. The molecule has 0 bridgehead atoms. The summed E-state index contributed by atoms with van der Waals surface area (Å²) >= 11 is 0. The fourth-order valence-corrected chi connectivity index (χ4v) is 3.10. The Bertz CT molecular complexity index is 673. The van der Waals surface area contributed by atoms with Crippen LogP contribution in [0.2, 0.25) is 0 Å². The molecule has 0 spiro atoms. The average molecular weight is 406 g/mol. The van der Waals surface area contributed by atoms with Crippen molar-refractivity contribution in [1.29, 1.82) is 0 Å². The van der Waals surface area contributed by atoms with Gasteiger partial charge in [0.05, 0.1) is 31.4 Å². The molecule has 28 heavy (non-hydrogen) atoms. The molecule has 0 aromatic carbocycles. The van der Waals surface area contributed by atoms with Crippen LogP contribution in [0.15, 0.2) is 24.5 Å². The lowest BCUT2D eigenvalue weighted by Gasteiger charge is -2.27. The van der Waals surface area contributed by atoms with Gasteiger partial charge in [-0.2, -0.15) is 13.2 Å². The first kappa shape index (κ1) is 21.9. The molecule has 3 rings (SSSR count). The van der Waals surface area contributed by atoms with Crippen molar-refractivity contribution in [3.8, 4) is 5.75 Å². The SMILES string of the molecule is COCC(=O)N1C[C@@H]2COC[C@]2(COc2cccnc2)C1.O=C(O)C(F)(F)F. The number of fused-ring (bicyclic) bond motifs is 1. The number of aliphatic carboxylic acids is 1. The van der Waals surface area contributed by atoms with Crippen LogP contribution in [0.3, 0.4) is 0 Å². The highest BCUT2D eigenvalue weighted by Gasteiger charge is 2.52. The lowest BCUT2D eigenvalue weighted by Crippen LogP contribution is -2.39. The van der Waals surface area contributed by atoms with Crippen LogP contribution in [0.5, 0.6) is 5.75 Å². The Morgan fingerprint density at radius 3 is 2.75 bits per heavy atom. The average Bonchev–Trinajstić information content (AvgIpc) is 3.18. The van der Waals surface area contributed by atoms with Crippen molar-refractivity contribution >= 4 is 11.9 Å². The number of hydrogen-bond donors (Lipinski definition) is 1. The van der Waals surface area contributed by atoms with Crippen LogP contribution in [0.1, 0.15) is 0 Å². The Morgan fingerprint density at radius 2 is 2.18 bits per heavy atom. The summed E-state index contributed by atoms with van der Waals surface area (Å²) in [6.45, 7) is 3.38. The number of alkyl halides is 3. The molecule has 1 N–H and O–H groups in total. The summed E-state index contributed by atoms with van der Waals surface area (Å²) in [7, 11) is 1.54. The molecule has 1 aromatic rings. The first-order chi connectivity index (χ1) is 13.2. The second-order valence-electron chi connectivity index (χ2n) is 6.56. The van der Waals surface area contributed by atoms with E-state index in [1.54, 1.807) is 19.5 Å². The molecule has 11 heteroatoms. The van der Waals surface area contributed by atoms with Crippen LogP contribution in [-0.2, 0) is 19.1 Å². The molecule has 2 aliphatic heterocycles. The number of aromatic nitrogens is 1. The summed E-state index contributed by atoms with van der Waals surface area (Å²) in [5.74, 6) is -1.64. The van der Waals surface area contributed by atoms with Crippen LogP contribution >= 0.6 is 0 Å². The topological polar surface area (TPSA) is 98.2 Å². The number of amides is 1. The molecule has 3 heterocycles. The van der Waals surface area contributed by atoms with Crippen LogP contribution in [-0.4, -0.2) is 79.7 Å². The van der Waals surface area contributed by atoms with Crippen molar-refractivity contribution in [3.63, 3.8) is 0 Å². The molecule has 8 nitrogen and oxygen atoms in total. The number of carbonyl (C=O) groups is 2. The normalized spacial score (nSPS) is 23.6. The summed E-state index contributed by atoms with van der Waals surface area (Å²) in [6, 6.07) is 3.73. The second kappa shape index (κ2) is 9.20. The number of nitrogens with zero attached hydrogens (tertiary/aromatic N) is 2. The van der Waals surface area contributed by atoms with Crippen molar-refractivity contribution in [3.05, 3.63) is 24.5 Å². The van der Waals surface area contributed by atoms with Crippen LogP contribution in [0.25, 0.3) is 0 Å². The molecule has 2 fully saturated rings. The number of methoxy groups -OCH3 is 1. The molecule has 1 aromatic heterocycles. The number of hydrogen-bond acceptors (Lipinski definition) is 6. The molecule has 2 saturated heterocycles. The Balaban J connectivity index is 0.000000345. The molecule has 156 valence electrons. The molecular formula is C17H21F3N2O6. The number of ether oxygens (including phenoxy) is 3. The quantitative estimate of drug-likeness (QED) is 0.785. The predicted molar refractivity (Wildman–Crippen MR) is 88.6 cm³/mol. The number of carboxylic acids is 1. The summed E-state index contributed by atoms with van der Waals surface area (Å²) in [5, 5.41) is 7.12. The van der Waals surface area contributed by atoms with E-state index in [0.717, 1.165) is 12.3 Å². The largest absolute Gasteiger partial charge is 0.491 e. The monoisotopic (exact) mass is 406 g/mol. The van der Waals surface area contributed by atoms with Crippen LogP contribution in [0.4, 0.5) is 13.2 Å². The predicted octanol–water partition coefficient (Wildman–Crippen LogP) is 1.22. The van der Waals surface area contributed by atoms with E-state index in [2.05, 4.69) is 4.98 Å². The Morgan fingerprint density at radius 1 is 1.46 bits per heavy atom. The minimum absolute atomic E-state index is 0.0349. The maximum Gasteiger partial charge on any atom is 0.490 e. The van der Waals surface area contributed by atoms with Gasteiger partial charge in [-0.3, -0.25) is 9.78 Å². The summed E-state index contributed by atoms with van der Waals surface area (Å²) < 4.78 is 48.2. The molecule has 1 amide bonds. The van der Waals surface area contributed by atoms with E-state index in [1.807, 2.05) is 17.0 Å². The minimum Gasteiger partial charge on any atom is -0.491 e. The molecule has 0 radical (unpaired) electrons. The third-order valence-corrected chi connectivity index (χ3v) is 4.54. The highest BCUT2D eigenvalue weighted by atomic mass is 19.4. The number of halogens is 3. The van der Waals surface area contributed by atoms with Gasteiger partial charge in [0, 0.05) is 32.3 Å². The molecule has 2 atom stereocenters. The molecule has 2 aliphatic rings. The van der Waals surface area contributed by atoms with Gasteiger partial charge in [-0.05, 0) is 12.1 Å². The highest BCUT2D eigenvalue weighted by molar-refractivity contribution is 5.78. The number of rotatable bonds is 5. The van der Waals surface area contributed by atoms with Gasteiger partial charge >= 0.3 is 12.1 Å². The maximum absolute atomic E-state index is 12.0. The lowest BCUT2D eigenvalue weighted by molar-refractivity contribution is -0.192. The number of carbonyl (C=O) groups excluding carboxylic acids is 1. The van der Waals surface area contributed by atoms with E-state index in [-0.39, 0.29) is 17.9 Å². The zero-order valence-electron chi connectivity index (χ0n) is 15.1. The smallest absolute Gasteiger partial charge is 0.490 e. The van der Waals surface area contributed by atoms with Crippen LogP contribution in [0, 0.1) is 11.3 Å². The van der Waals surface area contributed by atoms with Gasteiger partial charge in [0.15, 0.2) is 0 Å². The first-order valence-corrected chi connectivity index (χ1v) is 8.35. The number of pyridine rings is 1. The number of likely N-dealkylation sites (tertiary alicyclic amines) is 1. The molecule has 0 aliphatic carbocycles. The Labute approximate surface area is 159 Å². The molecule has 0 unspecified atom stereocenters. The Hall–Kier alpha value is -2.40. The van der Waals surface area contributed by atoms with Crippen molar-refractivity contribution in [2.75, 3.05) is 46.6 Å². The second-order valence-corrected chi connectivity index (χ2v) is 6.56. The van der Waals surface area contributed by atoms with E-state index >= 15 is 0 Å². The third-order valence-electron chi connectivity index (χ3n) is 4.54. The van der Waals surface area contributed by atoms with Gasteiger partial charge in [0.25, 0.3) is 0 Å². The van der Waals surface area contributed by atoms with E-state index < -0.39 is 12.1 Å². The van der Waals surface area contributed by atoms with Crippen molar-refractivity contribution in [1.82, 2.24) is 9.88 Å². The van der Waals surface area contributed by atoms with Gasteiger partial charge in [0.1, 0.15) is 12.4 Å². The lowest BCUT2D eigenvalue weighted by atomic mass is 9.82. The summed E-state index contributed by atoms with van der Waals surface area (Å²) in [6.07, 6.45) is -1.67. The summed E-state index contributed by atoms with van der Waals surface area (Å²) in [4.78, 5) is 26.8. The maximum atomic E-state index is 12.0. The van der Waals surface area contributed by atoms with Crippen molar-refractivity contribution in [2.45, 2.75) is 6.18 Å². The minimum atomic E-state index is -5.08. The van der Waals surface area contributed by atoms with Gasteiger partial charge < -0.3 is 24.2 Å². The Kier molecular flexibility index (Phi) is 7.19. The van der Waals surface area contributed by atoms with Gasteiger partial charge in [-0.1, -0.05) is 0 Å².